The molecule has 0 saturated heterocycles. The van der Waals surface area contributed by atoms with E-state index in [1.54, 1.807) is 13.8 Å². The smallest absolute Gasteiger partial charge is 0.154 e. The van der Waals surface area contributed by atoms with Gasteiger partial charge in [-0.1, -0.05) is 13.3 Å². The third-order valence-corrected chi connectivity index (χ3v) is 4.49. The fourth-order valence-electron chi connectivity index (χ4n) is 1.61. The number of hydrogen-bond donors (Lipinski definition) is 1. The minimum Gasteiger partial charge on any atom is -0.379 e. The van der Waals surface area contributed by atoms with E-state index in [4.69, 9.17) is 19.9 Å². The van der Waals surface area contributed by atoms with Crippen LogP contribution in [0.15, 0.2) is 0 Å². The molecule has 0 radical (unpaired) electrons. The molecule has 0 rings (SSSR count). The van der Waals surface area contributed by atoms with E-state index in [-0.39, 0.29) is 18.1 Å². The highest BCUT2D eigenvalue weighted by atomic mass is 32.2. The first kappa shape index (κ1) is 20.8. The minimum atomic E-state index is -3.16. The molecule has 0 aliphatic carbocycles. The van der Waals surface area contributed by atoms with E-state index in [2.05, 4.69) is 6.92 Å². The molecule has 0 atom stereocenters. The van der Waals surface area contributed by atoms with Crippen LogP contribution in [0.2, 0.25) is 0 Å². The lowest BCUT2D eigenvalue weighted by Crippen LogP contribution is -2.41. The Bertz CT molecular complexity index is 338. The fourth-order valence-corrected chi connectivity index (χ4v) is 3.26. The van der Waals surface area contributed by atoms with Gasteiger partial charge >= 0.3 is 0 Å². The third-order valence-electron chi connectivity index (χ3n) is 2.52. The Hall–Kier alpha value is -0.210. The van der Waals surface area contributed by atoms with E-state index in [9.17, 15) is 8.42 Å². The second-order valence-electron chi connectivity index (χ2n) is 5.77. The molecular formula is C14H31NO5S. The van der Waals surface area contributed by atoms with E-state index in [0.29, 0.717) is 26.4 Å². The van der Waals surface area contributed by atoms with Gasteiger partial charge in [0.25, 0.3) is 0 Å². The highest BCUT2D eigenvalue weighted by Crippen LogP contribution is 2.03. The first-order valence-electron chi connectivity index (χ1n) is 7.49. The standard InChI is InChI=1S/C14H31NO5S/c1-4-5-6-18-7-8-19-9-10-20-11-12-21(16,17)13-14(2,3)15/h4-13,15H2,1-3H3. The minimum absolute atomic E-state index is 0.00619. The Balaban J connectivity index is 3.40. The first-order chi connectivity index (χ1) is 9.77. The monoisotopic (exact) mass is 325 g/mol. The van der Waals surface area contributed by atoms with Gasteiger partial charge in [0.2, 0.25) is 0 Å². The molecule has 7 heteroatoms. The van der Waals surface area contributed by atoms with E-state index in [1.165, 1.54) is 0 Å². The molecule has 0 aliphatic heterocycles. The van der Waals surface area contributed by atoms with Crippen molar-refractivity contribution in [3.8, 4) is 0 Å². The lowest BCUT2D eigenvalue weighted by atomic mass is 10.1. The van der Waals surface area contributed by atoms with Crippen LogP contribution < -0.4 is 5.73 Å². The van der Waals surface area contributed by atoms with Crippen molar-refractivity contribution in [3.05, 3.63) is 0 Å². The molecule has 0 aromatic carbocycles. The number of nitrogens with two attached hydrogens (primary N) is 1. The molecule has 0 amide bonds. The third kappa shape index (κ3) is 16.0. The van der Waals surface area contributed by atoms with Crippen molar-refractivity contribution < 1.29 is 22.6 Å². The number of hydrogen-bond acceptors (Lipinski definition) is 6. The lowest BCUT2D eigenvalue weighted by Gasteiger charge is -2.18. The number of sulfone groups is 1. The highest BCUT2D eigenvalue weighted by Gasteiger charge is 2.21. The first-order valence-corrected chi connectivity index (χ1v) is 9.31. The molecule has 0 saturated carbocycles. The van der Waals surface area contributed by atoms with Crippen LogP contribution in [0.1, 0.15) is 33.6 Å². The average Bonchev–Trinajstić information content (AvgIpc) is 2.33. The fraction of sp³-hybridized carbons (Fsp3) is 1.00. The van der Waals surface area contributed by atoms with Gasteiger partial charge in [-0.15, -0.1) is 0 Å². The molecule has 0 aromatic rings. The molecule has 0 heterocycles. The van der Waals surface area contributed by atoms with Crippen LogP contribution in [-0.4, -0.2) is 65.1 Å². The Kier molecular flexibility index (Phi) is 11.3. The summed E-state index contributed by atoms with van der Waals surface area (Å²) in [4.78, 5) is 0. The van der Waals surface area contributed by atoms with Gasteiger partial charge in [-0.2, -0.15) is 0 Å². The second-order valence-corrected chi connectivity index (χ2v) is 7.96. The van der Waals surface area contributed by atoms with Crippen LogP contribution in [0.3, 0.4) is 0 Å². The Labute approximate surface area is 129 Å². The second kappa shape index (κ2) is 11.4. The quantitative estimate of drug-likeness (QED) is 0.479. The molecule has 0 aromatic heterocycles. The largest absolute Gasteiger partial charge is 0.379 e. The Morgan fingerprint density at radius 2 is 1.38 bits per heavy atom. The molecule has 0 aliphatic rings. The maximum Gasteiger partial charge on any atom is 0.154 e. The molecule has 0 fully saturated rings. The summed E-state index contributed by atoms with van der Waals surface area (Å²) in [6.07, 6.45) is 2.19. The average molecular weight is 325 g/mol. The molecule has 21 heavy (non-hydrogen) atoms. The van der Waals surface area contributed by atoms with Crippen molar-refractivity contribution in [3.63, 3.8) is 0 Å². The van der Waals surface area contributed by atoms with Crippen LogP contribution in [0.4, 0.5) is 0 Å². The van der Waals surface area contributed by atoms with Crippen molar-refractivity contribution in [2.75, 3.05) is 51.1 Å². The van der Waals surface area contributed by atoms with Gasteiger partial charge in [0, 0.05) is 12.1 Å². The number of ether oxygens (including phenoxy) is 3. The van der Waals surface area contributed by atoms with Gasteiger partial charge in [-0.3, -0.25) is 0 Å². The summed E-state index contributed by atoms with van der Waals surface area (Å²) in [6, 6.07) is 0. The summed E-state index contributed by atoms with van der Waals surface area (Å²) < 4.78 is 39.3. The highest BCUT2D eigenvalue weighted by molar-refractivity contribution is 7.91. The summed E-state index contributed by atoms with van der Waals surface area (Å²) in [5.74, 6) is -0.0390. The van der Waals surface area contributed by atoms with Gasteiger partial charge in [0.1, 0.15) is 0 Å². The van der Waals surface area contributed by atoms with Crippen LogP contribution in [-0.2, 0) is 24.0 Å². The van der Waals surface area contributed by atoms with Crippen molar-refractivity contribution >= 4 is 9.84 Å². The summed E-state index contributed by atoms with van der Waals surface area (Å²) >= 11 is 0. The summed E-state index contributed by atoms with van der Waals surface area (Å²) in [6.45, 7) is 8.40. The summed E-state index contributed by atoms with van der Waals surface area (Å²) in [7, 11) is -3.16. The number of unbranched alkanes of at least 4 members (excludes halogenated alkanes) is 1. The maximum atomic E-state index is 11.7. The lowest BCUT2D eigenvalue weighted by molar-refractivity contribution is 0.0167. The molecule has 6 nitrogen and oxygen atoms in total. The maximum absolute atomic E-state index is 11.7. The van der Waals surface area contributed by atoms with Crippen LogP contribution in [0.25, 0.3) is 0 Å². The number of rotatable bonds is 14. The van der Waals surface area contributed by atoms with Crippen LogP contribution >= 0.6 is 0 Å². The van der Waals surface area contributed by atoms with Gasteiger partial charge in [0.05, 0.1) is 44.5 Å². The van der Waals surface area contributed by atoms with Crippen molar-refractivity contribution in [2.45, 2.75) is 39.2 Å². The van der Waals surface area contributed by atoms with Crippen molar-refractivity contribution in [1.29, 1.82) is 0 Å². The molecule has 128 valence electrons. The molecular weight excluding hydrogens is 294 g/mol. The molecule has 2 N–H and O–H groups in total. The summed E-state index contributed by atoms with van der Waals surface area (Å²) in [5, 5.41) is 0. The van der Waals surface area contributed by atoms with E-state index in [1.807, 2.05) is 0 Å². The van der Waals surface area contributed by atoms with E-state index in [0.717, 1.165) is 19.4 Å². The van der Waals surface area contributed by atoms with Crippen molar-refractivity contribution in [1.82, 2.24) is 0 Å². The van der Waals surface area contributed by atoms with Gasteiger partial charge in [-0.05, 0) is 20.3 Å². The van der Waals surface area contributed by atoms with Gasteiger partial charge < -0.3 is 19.9 Å². The predicted molar refractivity (Wildman–Crippen MR) is 84.3 cm³/mol. The topological polar surface area (TPSA) is 87.9 Å². The van der Waals surface area contributed by atoms with Gasteiger partial charge in [0.15, 0.2) is 9.84 Å². The zero-order valence-electron chi connectivity index (χ0n) is 13.6. The zero-order valence-corrected chi connectivity index (χ0v) is 14.4. The summed E-state index contributed by atoms with van der Waals surface area (Å²) in [5.41, 5.74) is 4.99. The van der Waals surface area contributed by atoms with Crippen LogP contribution in [0.5, 0.6) is 0 Å². The van der Waals surface area contributed by atoms with Crippen molar-refractivity contribution in [2.24, 2.45) is 5.73 Å². The normalized spacial score (nSPS) is 12.8. The van der Waals surface area contributed by atoms with Gasteiger partial charge in [-0.25, -0.2) is 8.42 Å². The molecule has 0 unspecified atom stereocenters. The molecule has 0 spiro atoms. The Morgan fingerprint density at radius 3 is 1.86 bits per heavy atom. The zero-order chi connectivity index (χ0) is 16.2. The Morgan fingerprint density at radius 1 is 0.905 bits per heavy atom. The van der Waals surface area contributed by atoms with Crippen LogP contribution in [0, 0.1) is 0 Å². The molecule has 0 bridgehead atoms. The van der Waals surface area contributed by atoms with E-state index < -0.39 is 15.4 Å². The van der Waals surface area contributed by atoms with E-state index >= 15 is 0 Å². The predicted octanol–water partition coefficient (Wildman–Crippen LogP) is 0.988. The SMILES string of the molecule is CCCCOCCOCCOCCS(=O)(=O)CC(C)(C)N.